The van der Waals surface area contributed by atoms with E-state index in [1.165, 1.54) is 11.8 Å². The van der Waals surface area contributed by atoms with Crippen LogP contribution in [0.25, 0.3) is 0 Å². The summed E-state index contributed by atoms with van der Waals surface area (Å²) in [4.78, 5) is 15.4. The van der Waals surface area contributed by atoms with Crippen molar-refractivity contribution in [2.24, 2.45) is 0 Å². The number of anilines is 1. The number of carbonyl (C=O) groups is 1. The predicted octanol–water partition coefficient (Wildman–Crippen LogP) is 3.98. The van der Waals surface area contributed by atoms with E-state index in [9.17, 15) is 13.2 Å². The maximum atomic E-state index is 12.7. The third-order valence-electron chi connectivity index (χ3n) is 5.91. The molecule has 1 amide bonds. The predicted molar refractivity (Wildman–Crippen MR) is 130 cm³/mol. The number of rotatable bonds is 7. The zero-order valence-corrected chi connectivity index (χ0v) is 19.7. The Kier molecular flexibility index (Phi) is 6.70. The molecule has 6 nitrogen and oxygen atoms in total. The number of hydrogen-bond acceptors (Lipinski definition) is 5. The van der Waals surface area contributed by atoms with E-state index in [2.05, 4.69) is 16.3 Å². The Morgan fingerprint density at radius 2 is 1.82 bits per heavy atom. The number of ether oxygens (including phenoxy) is 1. The standard InChI is InChI=1S/C26H28N2O4S/c1-32-25-8-4-3-6-22(25)18-28-15-5-7-20-16-21(11-14-24(20)28)26(29)27-17-19-9-12-23(13-10-19)33(2,30)31/h3-4,6,8-14,16H,5,7,15,17-18H2,1-2H3,(H,27,29). The highest BCUT2D eigenvalue weighted by Crippen LogP contribution is 2.31. The molecule has 1 N–H and O–H groups in total. The molecule has 0 radical (unpaired) electrons. The average Bonchev–Trinajstić information content (AvgIpc) is 2.82. The molecule has 0 saturated heterocycles. The van der Waals surface area contributed by atoms with Gasteiger partial charge in [-0.2, -0.15) is 0 Å². The highest BCUT2D eigenvalue weighted by molar-refractivity contribution is 7.90. The molecule has 0 fully saturated rings. The topological polar surface area (TPSA) is 75.7 Å². The summed E-state index contributed by atoms with van der Waals surface area (Å²) in [5.41, 5.74) is 4.93. The van der Waals surface area contributed by atoms with Gasteiger partial charge >= 0.3 is 0 Å². The summed E-state index contributed by atoms with van der Waals surface area (Å²) in [6, 6.07) is 20.5. The fourth-order valence-corrected chi connectivity index (χ4v) is 4.79. The van der Waals surface area contributed by atoms with Gasteiger partial charge in [-0.15, -0.1) is 0 Å². The summed E-state index contributed by atoms with van der Waals surface area (Å²) in [7, 11) is -1.54. The Morgan fingerprint density at radius 1 is 1.06 bits per heavy atom. The lowest BCUT2D eigenvalue weighted by Crippen LogP contribution is -2.29. The van der Waals surface area contributed by atoms with E-state index in [0.717, 1.165) is 48.5 Å². The van der Waals surface area contributed by atoms with E-state index in [-0.39, 0.29) is 10.8 Å². The van der Waals surface area contributed by atoms with Gasteiger partial charge in [0.2, 0.25) is 0 Å². The smallest absolute Gasteiger partial charge is 0.251 e. The fourth-order valence-electron chi connectivity index (χ4n) is 4.16. The number of fused-ring (bicyclic) bond motifs is 1. The molecule has 0 spiro atoms. The quantitative estimate of drug-likeness (QED) is 0.572. The van der Waals surface area contributed by atoms with E-state index in [1.54, 1.807) is 31.4 Å². The maximum absolute atomic E-state index is 12.7. The second-order valence-corrected chi connectivity index (χ2v) is 10.3. The molecule has 1 aliphatic heterocycles. The van der Waals surface area contributed by atoms with Gasteiger partial charge in [0.25, 0.3) is 5.91 Å². The molecule has 0 atom stereocenters. The largest absolute Gasteiger partial charge is 0.496 e. The van der Waals surface area contributed by atoms with E-state index >= 15 is 0 Å². The zero-order valence-electron chi connectivity index (χ0n) is 18.9. The molecule has 0 aliphatic carbocycles. The van der Waals surface area contributed by atoms with Gasteiger partial charge in [0, 0.05) is 42.7 Å². The second kappa shape index (κ2) is 9.67. The van der Waals surface area contributed by atoms with Crippen LogP contribution in [-0.2, 0) is 29.3 Å². The number of nitrogens with zero attached hydrogens (tertiary/aromatic N) is 1. The van der Waals surface area contributed by atoms with Crippen molar-refractivity contribution in [3.05, 3.63) is 89.0 Å². The average molecular weight is 465 g/mol. The van der Waals surface area contributed by atoms with Crippen molar-refractivity contribution in [3.8, 4) is 5.75 Å². The van der Waals surface area contributed by atoms with Crippen molar-refractivity contribution in [3.63, 3.8) is 0 Å². The number of amides is 1. The Morgan fingerprint density at radius 3 is 2.55 bits per heavy atom. The van der Waals surface area contributed by atoms with Crippen molar-refractivity contribution in [1.82, 2.24) is 5.32 Å². The van der Waals surface area contributed by atoms with Crippen LogP contribution < -0.4 is 15.0 Å². The molecule has 1 heterocycles. The van der Waals surface area contributed by atoms with Crippen molar-refractivity contribution >= 4 is 21.4 Å². The van der Waals surface area contributed by atoms with Gasteiger partial charge < -0.3 is 15.0 Å². The Labute approximate surface area is 195 Å². The van der Waals surface area contributed by atoms with E-state index < -0.39 is 9.84 Å². The molecule has 0 unspecified atom stereocenters. The summed E-state index contributed by atoms with van der Waals surface area (Å²) in [6.45, 7) is 2.05. The normalized spacial score (nSPS) is 13.3. The third-order valence-corrected chi connectivity index (χ3v) is 7.04. The highest BCUT2D eigenvalue weighted by atomic mass is 32.2. The first kappa shape index (κ1) is 22.9. The van der Waals surface area contributed by atoms with Crippen molar-refractivity contribution in [1.29, 1.82) is 0 Å². The number of para-hydroxylation sites is 1. The fraction of sp³-hybridized carbons (Fsp3) is 0.269. The van der Waals surface area contributed by atoms with Crippen molar-refractivity contribution in [2.45, 2.75) is 30.8 Å². The summed E-state index contributed by atoms with van der Waals surface area (Å²) in [5.74, 6) is 0.733. The van der Waals surface area contributed by atoms with E-state index in [4.69, 9.17) is 4.74 Å². The zero-order chi connectivity index (χ0) is 23.4. The van der Waals surface area contributed by atoms with Crippen LogP contribution in [-0.4, -0.2) is 34.2 Å². The third kappa shape index (κ3) is 5.37. The number of methoxy groups -OCH3 is 1. The SMILES string of the molecule is COc1ccccc1CN1CCCc2cc(C(=O)NCc3ccc(S(C)(=O)=O)cc3)ccc21. The maximum Gasteiger partial charge on any atom is 0.251 e. The van der Waals surface area contributed by atoms with Gasteiger partial charge in [0.15, 0.2) is 9.84 Å². The summed E-state index contributed by atoms with van der Waals surface area (Å²) in [5, 5.41) is 2.93. The van der Waals surface area contributed by atoms with Crippen LogP contribution in [0, 0.1) is 0 Å². The number of hydrogen-bond donors (Lipinski definition) is 1. The van der Waals surface area contributed by atoms with Crippen LogP contribution >= 0.6 is 0 Å². The van der Waals surface area contributed by atoms with Gasteiger partial charge in [-0.05, 0) is 60.4 Å². The van der Waals surface area contributed by atoms with Crippen LogP contribution in [0.1, 0.15) is 33.5 Å². The molecular formula is C26H28N2O4S. The van der Waals surface area contributed by atoms with Gasteiger partial charge in [-0.1, -0.05) is 30.3 Å². The van der Waals surface area contributed by atoms with Crippen LogP contribution in [0.4, 0.5) is 5.69 Å². The molecule has 0 bridgehead atoms. The minimum absolute atomic E-state index is 0.146. The van der Waals surface area contributed by atoms with Crippen LogP contribution in [0.15, 0.2) is 71.6 Å². The lowest BCUT2D eigenvalue weighted by atomic mass is 9.98. The van der Waals surface area contributed by atoms with Gasteiger partial charge in [0.1, 0.15) is 5.75 Å². The van der Waals surface area contributed by atoms with Gasteiger partial charge in [-0.3, -0.25) is 4.79 Å². The van der Waals surface area contributed by atoms with Crippen molar-refractivity contribution < 1.29 is 17.9 Å². The van der Waals surface area contributed by atoms with Crippen LogP contribution in [0.3, 0.4) is 0 Å². The summed E-state index contributed by atoms with van der Waals surface area (Å²) in [6.07, 6.45) is 3.14. The summed E-state index contributed by atoms with van der Waals surface area (Å²) < 4.78 is 28.7. The van der Waals surface area contributed by atoms with Crippen LogP contribution in [0.5, 0.6) is 5.75 Å². The van der Waals surface area contributed by atoms with E-state index in [1.807, 2.05) is 36.4 Å². The van der Waals surface area contributed by atoms with Crippen LogP contribution in [0.2, 0.25) is 0 Å². The molecule has 7 heteroatoms. The number of nitrogens with one attached hydrogen (secondary N) is 1. The molecule has 0 saturated carbocycles. The Hall–Kier alpha value is -3.32. The molecule has 4 rings (SSSR count). The monoisotopic (exact) mass is 464 g/mol. The molecule has 33 heavy (non-hydrogen) atoms. The molecule has 3 aromatic rings. The van der Waals surface area contributed by atoms with Gasteiger partial charge in [-0.25, -0.2) is 8.42 Å². The molecule has 3 aromatic carbocycles. The lowest BCUT2D eigenvalue weighted by molar-refractivity contribution is 0.0950. The Bertz CT molecular complexity index is 1250. The first-order chi connectivity index (χ1) is 15.8. The van der Waals surface area contributed by atoms with Crippen molar-refractivity contribution in [2.75, 3.05) is 24.8 Å². The highest BCUT2D eigenvalue weighted by Gasteiger charge is 2.20. The number of carbonyl (C=O) groups excluding carboxylic acids is 1. The number of sulfone groups is 1. The van der Waals surface area contributed by atoms with Gasteiger partial charge in [0.05, 0.1) is 12.0 Å². The number of aryl methyl sites for hydroxylation is 1. The van der Waals surface area contributed by atoms with E-state index in [0.29, 0.717) is 12.1 Å². The lowest BCUT2D eigenvalue weighted by Gasteiger charge is -2.32. The Balaban J connectivity index is 1.44. The number of benzene rings is 3. The molecule has 1 aliphatic rings. The minimum atomic E-state index is -3.23. The second-order valence-electron chi connectivity index (χ2n) is 8.28. The minimum Gasteiger partial charge on any atom is -0.496 e. The first-order valence-corrected chi connectivity index (χ1v) is 12.8. The molecule has 0 aromatic heterocycles. The molecular weight excluding hydrogens is 436 g/mol. The first-order valence-electron chi connectivity index (χ1n) is 10.9. The summed E-state index contributed by atoms with van der Waals surface area (Å²) >= 11 is 0. The molecule has 172 valence electrons.